The lowest BCUT2D eigenvalue weighted by Crippen LogP contribution is -2.18. The fourth-order valence-corrected chi connectivity index (χ4v) is 2.20. The van der Waals surface area contributed by atoms with Crippen LogP contribution in [0.1, 0.15) is 18.4 Å². The molecule has 0 aromatic heterocycles. The number of carbonyl (C=O) groups is 1. The summed E-state index contributed by atoms with van der Waals surface area (Å²) in [6.07, 6.45) is 2.54. The Bertz CT molecular complexity index is 745. The van der Waals surface area contributed by atoms with Gasteiger partial charge in [-0.05, 0) is 54.4 Å². The smallest absolute Gasteiger partial charge is 0.240 e. The van der Waals surface area contributed by atoms with Gasteiger partial charge in [-0.1, -0.05) is 0 Å². The SMILES string of the molecule is COc1ccc(NCCCC(=O)NN=Cc2ccc(O)c(OC)c2)cc1. The summed E-state index contributed by atoms with van der Waals surface area (Å²) in [5, 5.41) is 16.7. The highest BCUT2D eigenvalue weighted by Crippen LogP contribution is 2.25. The molecule has 1 amide bonds. The van der Waals surface area contributed by atoms with Crippen molar-refractivity contribution in [1.82, 2.24) is 5.43 Å². The maximum Gasteiger partial charge on any atom is 0.240 e. The highest BCUT2D eigenvalue weighted by molar-refractivity contribution is 5.83. The molecule has 0 saturated heterocycles. The topological polar surface area (TPSA) is 92.2 Å². The largest absolute Gasteiger partial charge is 0.504 e. The number of nitrogens with one attached hydrogen (secondary N) is 2. The fourth-order valence-electron chi connectivity index (χ4n) is 2.20. The molecule has 0 atom stereocenters. The average Bonchev–Trinajstić information content (AvgIpc) is 2.67. The Balaban J connectivity index is 1.68. The molecule has 0 aliphatic carbocycles. The van der Waals surface area contributed by atoms with Crippen molar-refractivity contribution < 1.29 is 19.4 Å². The zero-order valence-corrected chi connectivity index (χ0v) is 14.9. The number of hydrazone groups is 1. The van der Waals surface area contributed by atoms with Crippen LogP contribution in [0.5, 0.6) is 17.2 Å². The molecule has 2 aromatic rings. The molecule has 0 heterocycles. The number of hydrogen-bond donors (Lipinski definition) is 3. The minimum absolute atomic E-state index is 0.0537. The molecule has 0 spiro atoms. The normalized spacial score (nSPS) is 10.5. The van der Waals surface area contributed by atoms with Gasteiger partial charge in [-0.25, -0.2) is 5.43 Å². The molecule has 138 valence electrons. The lowest BCUT2D eigenvalue weighted by Gasteiger charge is -2.07. The first-order chi connectivity index (χ1) is 12.6. The lowest BCUT2D eigenvalue weighted by molar-refractivity contribution is -0.121. The van der Waals surface area contributed by atoms with Crippen molar-refractivity contribution in [2.45, 2.75) is 12.8 Å². The molecule has 3 N–H and O–H groups in total. The quantitative estimate of drug-likeness (QED) is 0.365. The van der Waals surface area contributed by atoms with E-state index in [0.29, 0.717) is 30.7 Å². The summed E-state index contributed by atoms with van der Waals surface area (Å²) < 4.78 is 10.1. The number of nitrogens with zero attached hydrogens (tertiary/aromatic N) is 1. The van der Waals surface area contributed by atoms with Crippen LogP contribution in [0.15, 0.2) is 47.6 Å². The summed E-state index contributed by atoms with van der Waals surface area (Å²) in [5.74, 6) is 1.05. The van der Waals surface area contributed by atoms with Crippen LogP contribution >= 0.6 is 0 Å². The Kier molecular flexibility index (Phi) is 7.30. The summed E-state index contributed by atoms with van der Waals surface area (Å²) in [4.78, 5) is 11.8. The molecule has 26 heavy (non-hydrogen) atoms. The van der Waals surface area contributed by atoms with Crippen LogP contribution in [0.4, 0.5) is 5.69 Å². The maximum atomic E-state index is 11.8. The highest BCUT2D eigenvalue weighted by atomic mass is 16.5. The van der Waals surface area contributed by atoms with E-state index in [1.807, 2.05) is 24.3 Å². The number of carbonyl (C=O) groups excluding carboxylic acids is 1. The second kappa shape index (κ2) is 9.93. The van der Waals surface area contributed by atoms with E-state index in [-0.39, 0.29) is 11.7 Å². The number of benzene rings is 2. The van der Waals surface area contributed by atoms with E-state index in [0.717, 1.165) is 11.4 Å². The Morgan fingerprint density at radius 3 is 2.62 bits per heavy atom. The van der Waals surface area contributed by atoms with Gasteiger partial charge >= 0.3 is 0 Å². The molecule has 0 aliphatic rings. The van der Waals surface area contributed by atoms with E-state index >= 15 is 0 Å². The number of phenols is 1. The van der Waals surface area contributed by atoms with Crippen molar-refractivity contribution in [3.8, 4) is 17.2 Å². The molecule has 0 unspecified atom stereocenters. The molecule has 2 aromatic carbocycles. The van der Waals surface area contributed by atoms with Gasteiger partial charge in [-0.15, -0.1) is 0 Å². The summed E-state index contributed by atoms with van der Waals surface area (Å²) in [5.41, 5.74) is 4.17. The van der Waals surface area contributed by atoms with Gasteiger partial charge in [0.05, 0.1) is 20.4 Å². The molecule has 7 nitrogen and oxygen atoms in total. The number of phenolic OH excluding ortho intramolecular Hbond substituents is 1. The van der Waals surface area contributed by atoms with Crippen molar-refractivity contribution in [3.63, 3.8) is 0 Å². The molecule has 0 fully saturated rings. The van der Waals surface area contributed by atoms with Gasteiger partial charge in [0.25, 0.3) is 0 Å². The van der Waals surface area contributed by atoms with Crippen LogP contribution in [0.2, 0.25) is 0 Å². The third-order valence-electron chi connectivity index (χ3n) is 3.61. The van der Waals surface area contributed by atoms with E-state index in [1.165, 1.54) is 19.4 Å². The molecule has 2 rings (SSSR count). The number of ether oxygens (including phenoxy) is 2. The second-order valence-corrected chi connectivity index (χ2v) is 5.48. The van der Waals surface area contributed by atoms with Crippen LogP contribution in [-0.4, -0.2) is 38.0 Å². The van der Waals surface area contributed by atoms with Gasteiger partial charge in [-0.3, -0.25) is 4.79 Å². The van der Waals surface area contributed by atoms with E-state index in [2.05, 4.69) is 15.8 Å². The monoisotopic (exact) mass is 357 g/mol. The maximum absolute atomic E-state index is 11.8. The molecule has 0 radical (unpaired) electrons. The summed E-state index contributed by atoms with van der Waals surface area (Å²) in [6, 6.07) is 12.4. The van der Waals surface area contributed by atoms with Crippen molar-refractivity contribution in [2.24, 2.45) is 5.10 Å². The number of methoxy groups -OCH3 is 2. The zero-order valence-electron chi connectivity index (χ0n) is 14.9. The molecule has 0 saturated carbocycles. The molecule has 7 heteroatoms. The summed E-state index contributed by atoms with van der Waals surface area (Å²) in [6.45, 7) is 0.679. The van der Waals surface area contributed by atoms with Crippen LogP contribution < -0.4 is 20.2 Å². The average molecular weight is 357 g/mol. The third-order valence-corrected chi connectivity index (χ3v) is 3.61. The molecule has 0 bridgehead atoms. The molecular formula is C19H23N3O4. The number of aromatic hydroxyl groups is 1. The predicted molar refractivity (Wildman–Crippen MR) is 101 cm³/mol. The molecular weight excluding hydrogens is 334 g/mol. The standard InChI is InChI=1S/C19H23N3O4/c1-25-16-8-6-15(7-9-16)20-11-3-4-19(24)22-21-13-14-5-10-17(23)18(12-14)26-2/h5-10,12-13,20,23H,3-4,11H2,1-2H3,(H,22,24). The van der Waals surface area contributed by atoms with Crippen molar-refractivity contribution >= 4 is 17.8 Å². The van der Waals surface area contributed by atoms with E-state index < -0.39 is 0 Å². The third kappa shape index (κ3) is 6.01. The minimum Gasteiger partial charge on any atom is -0.504 e. The highest BCUT2D eigenvalue weighted by Gasteiger charge is 2.02. The van der Waals surface area contributed by atoms with Gasteiger partial charge < -0.3 is 19.9 Å². The van der Waals surface area contributed by atoms with Gasteiger partial charge in [0.1, 0.15) is 5.75 Å². The first-order valence-corrected chi connectivity index (χ1v) is 8.19. The van der Waals surface area contributed by atoms with Crippen molar-refractivity contribution in [1.29, 1.82) is 0 Å². The van der Waals surface area contributed by atoms with Crippen LogP contribution in [0.3, 0.4) is 0 Å². The van der Waals surface area contributed by atoms with Crippen LogP contribution in [-0.2, 0) is 4.79 Å². The van der Waals surface area contributed by atoms with E-state index in [4.69, 9.17) is 9.47 Å². The van der Waals surface area contributed by atoms with E-state index in [9.17, 15) is 9.90 Å². The zero-order chi connectivity index (χ0) is 18.8. The van der Waals surface area contributed by atoms with Crippen molar-refractivity contribution in [3.05, 3.63) is 48.0 Å². The number of rotatable bonds is 9. The summed E-state index contributed by atoms with van der Waals surface area (Å²) in [7, 11) is 3.10. The lowest BCUT2D eigenvalue weighted by atomic mass is 10.2. The number of hydrogen-bond acceptors (Lipinski definition) is 6. The van der Waals surface area contributed by atoms with Crippen LogP contribution in [0.25, 0.3) is 0 Å². The Labute approximate surface area is 152 Å². The number of amides is 1. The van der Waals surface area contributed by atoms with Crippen LogP contribution in [0, 0.1) is 0 Å². The van der Waals surface area contributed by atoms with Gasteiger partial charge in [-0.2, -0.15) is 5.10 Å². The Hall–Kier alpha value is -3.22. The molecule has 0 aliphatic heterocycles. The van der Waals surface area contributed by atoms with Gasteiger partial charge in [0, 0.05) is 18.7 Å². The first-order valence-electron chi connectivity index (χ1n) is 8.19. The van der Waals surface area contributed by atoms with Gasteiger partial charge in [0.2, 0.25) is 5.91 Å². The second-order valence-electron chi connectivity index (χ2n) is 5.48. The fraction of sp³-hybridized carbons (Fsp3) is 0.263. The summed E-state index contributed by atoms with van der Waals surface area (Å²) >= 11 is 0. The van der Waals surface area contributed by atoms with Crippen molar-refractivity contribution in [2.75, 3.05) is 26.1 Å². The first kappa shape index (κ1) is 19.1. The Morgan fingerprint density at radius 1 is 1.15 bits per heavy atom. The Morgan fingerprint density at radius 2 is 1.92 bits per heavy atom. The minimum atomic E-state index is -0.163. The number of anilines is 1. The van der Waals surface area contributed by atoms with Gasteiger partial charge in [0.15, 0.2) is 11.5 Å². The van der Waals surface area contributed by atoms with E-state index in [1.54, 1.807) is 19.2 Å². The predicted octanol–water partition coefficient (Wildman–Crippen LogP) is 2.75.